The minimum atomic E-state index is -1.10. The van der Waals surface area contributed by atoms with Gasteiger partial charge in [-0.3, -0.25) is 0 Å². The molecule has 1 saturated carbocycles. The van der Waals surface area contributed by atoms with Gasteiger partial charge in [0, 0.05) is 17.7 Å². The minimum Gasteiger partial charge on any atom is -0.497 e. The normalized spacial score (nSPS) is 28.7. The molecule has 16 heavy (non-hydrogen) atoms. The van der Waals surface area contributed by atoms with Crippen molar-refractivity contribution in [2.24, 2.45) is 5.73 Å². The fourth-order valence-electron chi connectivity index (χ4n) is 2.13. The number of ether oxygens (including phenoxy) is 1. The summed E-state index contributed by atoms with van der Waals surface area (Å²) in [5.74, 6) is -1.35. The van der Waals surface area contributed by atoms with Crippen LogP contribution in [0.3, 0.4) is 0 Å². The van der Waals surface area contributed by atoms with Crippen molar-refractivity contribution >= 4 is 0 Å². The first kappa shape index (κ1) is 11.3. The summed E-state index contributed by atoms with van der Waals surface area (Å²) >= 11 is 0. The van der Waals surface area contributed by atoms with Crippen LogP contribution in [0.1, 0.15) is 18.4 Å². The highest BCUT2D eigenvalue weighted by molar-refractivity contribution is 5.36. The molecule has 1 aliphatic carbocycles. The molecule has 0 amide bonds. The molecular formula is C11H13F2NO2. The fourth-order valence-corrected chi connectivity index (χ4v) is 2.13. The maximum absolute atomic E-state index is 13.7. The van der Waals surface area contributed by atoms with Crippen molar-refractivity contribution in [3.05, 3.63) is 29.3 Å². The smallest absolute Gasteiger partial charge is 0.134 e. The minimum absolute atomic E-state index is 0.113. The molecule has 0 aliphatic heterocycles. The van der Waals surface area contributed by atoms with E-state index in [1.165, 1.54) is 7.11 Å². The Balaban J connectivity index is 2.42. The summed E-state index contributed by atoms with van der Waals surface area (Å²) in [6.07, 6.45) is -0.230. The molecule has 0 heterocycles. The summed E-state index contributed by atoms with van der Waals surface area (Å²) in [5.41, 5.74) is 4.56. The van der Waals surface area contributed by atoms with Crippen LogP contribution in [0.25, 0.3) is 0 Å². The summed E-state index contributed by atoms with van der Waals surface area (Å²) in [5, 5.41) is 9.18. The monoisotopic (exact) mass is 229 g/mol. The van der Waals surface area contributed by atoms with Gasteiger partial charge in [0.15, 0.2) is 0 Å². The zero-order valence-corrected chi connectivity index (χ0v) is 8.84. The first-order valence-corrected chi connectivity index (χ1v) is 4.97. The highest BCUT2D eigenvalue weighted by Crippen LogP contribution is 2.42. The highest BCUT2D eigenvalue weighted by Gasteiger charge is 2.45. The van der Waals surface area contributed by atoms with Gasteiger partial charge >= 0.3 is 0 Å². The SMILES string of the molecule is COc1cc(F)c(C2(N)CC(O)C2)c(F)c1. The van der Waals surface area contributed by atoms with Gasteiger partial charge in [-0.25, -0.2) is 8.78 Å². The van der Waals surface area contributed by atoms with Crippen molar-refractivity contribution in [1.82, 2.24) is 0 Å². The van der Waals surface area contributed by atoms with Crippen molar-refractivity contribution in [3.8, 4) is 5.75 Å². The predicted octanol–water partition coefficient (Wildman–Crippen LogP) is 1.28. The number of hydrogen-bond donors (Lipinski definition) is 2. The molecule has 0 atom stereocenters. The highest BCUT2D eigenvalue weighted by atomic mass is 19.1. The molecule has 1 fully saturated rings. The topological polar surface area (TPSA) is 55.5 Å². The van der Waals surface area contributed by atoms with Crippen LogP contribution < -0.4 is 10.5 Å². The third kappa shape index (κ3) is 1.66. The number of aliphatic hydroxyl groups is 1. The molecule has 0 radical (unpaired) electrons. The first-order valence-electron chi connectivity index (χ1n) is 4.97. The Morgan fingerprint density at radius 1 is 1.38 bits per heavy atom. The van der Waals surface area contributed by atoms with E-state index >= 15 is 0 Å². The van der Waals surface area contributed by atoms with Crippen molar-refractivity contribution < 1.29 is 18.6 Å². The molecule has 1 aliphatic rings. The van der Waals surface area contributed by atoms with Gasteiger partial charge in [-0.05, 0) is 12.8 Å². The first-order chi connectivity index (χ1) is 7.46. The van der Waals surface area contributed by atoms with Crippen LogP contribution in [0.4, 0.5) is 8.78 Å². The summed E-state index contributed by atoms with van der Waals surface area (Å²) in [6.45, 7) is 0. The number of nitrogens with two attached hydrogens (primary N) is 1. The van der Waals surface area contributed by atoms with Crippen LogP contribution in [0.15, 0.2) is 12.1 Å². The molecule has 0 spiro atoms. The van der Waals surface area contributed by atoms with Crippen LogP contribution >= 0.6 is 0 Å². The second-order valence-corrected chi connectivity index (χ2v) is 4.18. The zero-order valence-electron chi connectivity index (χ0n) is 8.84. The molecule has 3 nitrogen and oxygen atoms in total. The van der Waals surface area contributed by atoms with E-state index in [9.17, 15) is 13.9 Å². The summed E-state index contributed by atoms with van der Waals surface area (Å²) in [4.78, 5) is 0. The molecular weight excluding hydrogens is 216 g/mol. The molecule has 0 saturated heterocycles. The number of methoxy groups -OCH3 is 1. The standard InChI is InChI=1S/C11H13F2NO2/c1-16-7-2-8(12)10(9(13)3-7)11(14)4-6(15)5-11/h2-3,6,15H,4-5,14H2,1H3. The van der Waals surface area contributed by atoms with E-state index in [-0.39, 0.29) is 24.2 Å². The third-order valence-electron chi connectivity index (χ3n) is 2.95. The lowest BCUT2D eigenvalue weighted by molar-refractivity contribution is 0.0174. The lowest BCUT2D eigenvalue weighted by Crippen LogP contribution is -2.52. The van der Waals surface area contributed by atoms with Gasteiger partial charge in [-0.15, -0.1) is 0 Å². The number of aliphatic hydroxyl groups excluding tert-OH is 1. The Bertz CT molecular complexity index is 393. The van der Waals surface area contributed by atoms with Gasteiger partial charge in [-0.2, -0.15) is 0 Å². The second kappa shape index (κ2) is 3.68. The van der Waals surface area contributed by atoms with E-state index < -0.39 is 23.3 Å². The Labute approximate surface area is 91.8 Å². The van der Waals surface area contributed by atoms with Gasteiger partial charge in [0.1, 0.15) is 17.4 Å². The average molecular weight is 229 g/mol. The predicted molar refractivity (Wildman–Crippen MR) is 54.0 cm³/mol. The summed E-state index contributed by atoms with van der Waals surface area (Å²) in [7, 11) is 1.33. The number of rotatable bonds is 2. The molecule has 0 aromatic heterocycles. The van der Waals surface area contributed by atoms with E-state index in [0.29, 0.717) is 0 Å². The molecule has 1 aromatic rings. The third-order valence-corrected chi connectivity index (χ3v) is 2.95. The Hall–Kier alpha value is -1.20. The molecule has 2 rings (SSSR count). The van der Waals surface area contributed by atoms with Crippen molar-refractivity contribution in [2.75, 3.05) is 7.11 Å². The fraction of sp³-hybridized carbons (Fsp3) is 0.455. The molecule has 3 N–H and O–H groups in total. The van der Waals surface area contributed by atoms with Gasteiger partial charge in [-0.1, -0.05) is 0 Å². The second-order valence-electron chi connectivity index (χ2n) is 4.18. The zero-order chi connectivity index (χ0) is 11.9. The van der Waals surface area contributed by atoms with E-state index in [4.69, 9.17) is 10.5 Å². The average Bonchev–Trinajstić information content (AvgIpc) is 2.14. The van der Waals surface area contributed by atoms with E-state index in [2.05, 4.69) is 0 Å². The lowest BCUT2D eigenvalue weighted by Gasteiger charge is -2.42. The van der Waals surface area contributed by atoms with E-state index in [0.717, 1.165) is 12.1 Å². The van der Waals surface area contributed by atoms with Gasteiger partial charge in [0.25, 0.3) is 0 Å². The van der Waals surface area contributed by atoms with Crippen LogP contribution in [0.2, 0.25) is 0 Å². The lowest BCUT2D eigenvalue weighted by atomic mass is 9.70. The van der Waals surface area contributed by atoms with Gasteiger partial charge in [0.2, 0.25) is 0 Å². The number of hydrogen-bond acceptors (Lipinski definition) is 3. The Kier molecular flexibility index (Phi) is 2.59. The van der Waals surface area contributed by atoms with Gasteiger partial charge in [0.05, 0.1) is 18.8 Å². The van der Waals surface area contributed by atoms with Crippen LogP contribution in [0.5, 0.6) is 5.75 Å². The summed E-state index contributed by atoms with van der Waals surface area (Å²) in [6, 6.07) is 2.19. The molecule has 88 valence electrons. The van der Waals surface area contributed by atoms with Crippen molar-refractivity contribution in [3.63, 3.8) is 0 Å². The Morgan fingerprint density at radius 3 is 2.25 bits per heavy atom. The van der Waals surface area contributed by atoms with Crippen LogP contribution in [0, 0.1) is 11.6 Å². The molecule has 5 heteroatoms. The maximum atomic E-state index is 13.7. The van der Waals surface area contributed by atoms with E-state index in [1.54, 1.807) is 0 Å². The summed E-state index contributed by atoms with van der Waals surface area (Å²) < 4.78 is 32.1. The van der Waals surface area contributed by atoms with Gasteiger partial charge < -0.3 is 15.6 Å². The maximum Gasteiger partial charge on any atom is 0.134 e. The van der Waals surface area contributed by atoms with Crippen LogP contribution in [-0.4, -0.2) is 18.3 Å². The molecule has 0 unspecified atom stereocenters. The van der Waals surface area contributed by atoms with Crippen LogP contribution in [-0.2, 0) is 5.54 Å². The molecule has 0 bridgehead atoms. The Morgan fingerprint density at radius 2 is 1.88 bits per heavy atom. The van der Waals surface area contributed by atoms with Crippen molar-refractivity contribution in [1.29, 1.82) is 0 Å². The number of halogens is 2. The quantitative estimate of drug-likeness (QED) is 0.803. The number of benzene rings is 1. The van der Waals surface area contributed by atoms with E-state index in [1.807, 2.05) is 0 Å². The largest absolute Gasteiger partial charge is 0.497 e. The molecule has 1 aromatic carbocycles. The van der Waals surface area contributed by atoms with Crippen molar-refractivity contribution in [2.45, 2.75) is 24.5 Å².